The van der Waals surface area contributed by atoms with Gasteiger partial charge in [0.25, 0.3) is 10.0 Å². The highest BCUT2D eigenvalue weighted by Gasteiger charge is 2.22. The van der Waals surface area contributed by atoms with Gasteiger partial charge in [-0.25, -0.2) is 17.8 Å². The second kappa shape index (κ2) is 12.3. The van der Waals surface area contributed by atoms with Gasteiger partial charge in [0.2, 0.25) is 0 Å². The van der Waals surface area contributed by atoms with Crippen LogP contribution in [0.1, 0.15) is 12.8 Å². The molecule has 0 atom stereocenters. The topological polar surface area (TPSA) is 115 Å². The molecule has 13 heteroatoms. The minimum Gasteiger partial charge on any atom is -0.395 e. The number of aliphatic hydroxyl groups excluding tert-OH is 1. The van der Waals surface area contributed by atoms with E-state index in [9.17, 15) is 17.2 Å². The van der Waals surface area contributed by atoms with E-state index in [2.05, 4.69) is 20.9 Å². The molecule has 30 heavy (non-hydrogen) atoms. The predicted octanol–water partition coefficient (Wildman–Crippen LogP) is 2.24. The summed E-state index contributed by atoms with van der Waals surface area (Å²) >= 11 is 6.60. The number of aromatic nitrogens is 1. The number of thiazole rings is 1. The summed E-state index contributed by atoms with van der Waals surface area (Å²) in [5.41, 5.74) is 0.287. The van der Waals surface area contributed by atoms with E-state index in [1.165, 1.54) is 0 Å². The normalized spacial score (nSPS) is 11.6. The van der Waals surface area contributed by atoms with Gasteiger partial charge in [-0.3, -0.25) is 4.72 Å². The molecule has 0 aliphatic heterocycles. The van der Waals surface area contributed by atoms with E-state index in [4.69, 9.17) is 16.7 Å². The van der Waals surface area contributed by atoms with Crippen LogP contribution >= 0.6 is 22.9 Å². The third kappa shape index (κ3) is 7.93. The molecule has 0 spiro atoms. The number of nitrogens with zero attached hydrogens (tertiary/aromatic N) is 1. The van der Waals surface area contributed by atoms with E-state index in [0.29, 0.717) is 24.4 Å². The Morgan fingerprint density at radius 1 is 1.07 bits per heavy atom. The molecule has 0 bridgehead atoms. The molecule has 1 aromatic carbocycles. The van der Waals surface area contributed by atoms with Gasteiger partial charge >= 0.3 is 0 Å². The number of hydrogen-bond acceptors (Lipinski definition) is 8. The summed E-state index contributed by atoms with van der Waals surface area (Å²) in [6.45, 7) is 3.60. The van der Waals surface area contributed by atoms with Crippen LogP contribution in [0, 0.1) is 10.9 Å². The molecule has 0 fully saturated rings. The number of rotatable bonds is 14. The van der Waals surface area contributed by atoms with Crippen LogP contribution in [0.4, 0.5) is 19.6 Å². The third-order valence-electron chi connectivity index (χ3n) is 3.87. The smallest absolute Gasteiger partial charge is 0.266 e. The first-order valence-electron chi connectivity index (χ1n) is 9.23. The lowest BCUT2D eigenvalue weighted by molar-refractivity contribution is 0.292. The van der Waals surface area contributed by atoms with Gasteiger partial charge in [-0.1, -0.05) is 22.9 Å². The predicted molar refractivity (Wildman–Crippen MR) is 115 cm³/mol. The van der Waals surface area contributed by atoms with Crippen LogP contribution in [-0.4, -0.2) is 57.8 Å². The molecule has 0 aliphatic carbocycles. The maximum Gasteiger partial charge on any atom is 0.266 e. The molecule has 2 rings (SSSR count). The second-order valence-corrected chi connectivity index (χ2v) is 9.23. The molecular formula is C17H24ClF2N5O3S2. The second-order valence-electron chi connectivity index (χ2n) is 6.19. The quantitative estimate of drug-likeness (QED) is 0.262. The van der Waals surface area contributed by atoms with Crippen molar-refractivity contribution in [1.29, 1.82) is 0 Å². The van der Waals surface area contributed by atoms with Crippen molar-refractivity contribution in [3.05, 3.63) is 34.3 Å². The number of aliphatic hydroxyl groups is 1. The van der Waals surface area contributed by atoms with Crippen molar-refractivity contribution in [1.82, 2.24) is 15.6 Å². The maximum absolute atomic E-state index is 14.4. The molecule has 168 valence electrons. The molecular weight excluding hydrogens is 460 g/mol. The highest BCUT2D eigenvalue weighted by Crippen LogP contribution is 2.29. The van der Waals surface area contributed by atoms with E-state index >= 15 is 0 Å². The standard InChI is InChI=1S/C17H24ClF2N5O3S2/c18-12-9-15(30(27,28)25-17-24-11-16(20)29-17)13(19)10-14(12)23-4-2-1-3-21-5-6-22-7-8-26/h9-11,21-23,26H,1-8H2,(H,24,25). The Kier molecular flexibility index (Phi) is 10.1. The van der Waals surface area contributed by atoms with E-state index < -0.39 is 25.9 Å². The highest BCUT2D eigenvalue weighted by atomic mass is 35.5. The van der Waals surface area contributed by atoms with Crippen LogP contribution in [0.15, 0.2) is 23.2 Å². The molecule has 0 amide bonds. The third-order valence-corrected chi connectivity index (χ3v) is 6.37. The zero-order valence-corrected chi connectivity index (χ0v) is 18.4. The average molecular weight is 484 g/mol. The van der Waals surface area contributed by atoms with Gasteiger partial charge < -0.3 is 21.1 Å². The lowest BCUT2D eigenvalue weighted by Crippen LogP contribution is -2.29. The Bertz CT molecular complexity index is 915. The summed E-state index contributed by atoms with van der Waals surface area (Å²) in [5.74, 6) is -0.983. The Morgan fingerprint density at radius 3 is 2.43 bits per heavy atom. The zero-order chi connectivity index (χ0) is 22.0. The van der Waals surface area contributed by atoms with E-state index in [1.807, 2.05) is 4.72 Å². The van der Waals surface area contributed by atoms with Gasteiger partial charge in [-0.2, -0.15) is 4.39 Å². The number of nitrogens with one attached hydrogen (secondary N) is 4. The minimum atomic E-state index is -4.30. The molecule has 1 heterocycles. The molecule has 1 aromatic heterocycles. The van der Waals surface area contributed by atoms with E-state index in [1.54, 1.807) is 0 Å². The number of unbranched alkanes of at least 4 members (excludes halogenated alkanes) is 1. The molecule has 0 saturated heterocycles. The summed E-state index contributed by atoms with van der Waals surface area (Å²) in [6, 6.07) is 2.02. The molecule has 2 aromatic rings. The molecule has 5 N–H and O–H groups in total. The van der Waals surface area contributed by atoms with Crippen LogP contribution < -0.4 is 20.7 Å². The van der Waals surface area contributed by atoms with Crippen molar-refractivity contribution in [2.24, 2.45) is 0 Å². The van der Waals surface area contributed by atoms with Crippen molar-refractivity contribution >= 4 is 43.8 Å². The first-order chi connectivity index (χ1) is 14.3. The van der Waals surface area contributed by atoms with Gasteiger partial charge in [0.1, 0.15) is 10.7 Å². The van der Waals surface area contributed by atoms with Crippen molar-refractivity contribution in [2.75, 3.05) is 49.4 Å². The summed E-state index contributed by atoms with van der Waals surface area (Å²) in [7, 11) is -4.30. The van der Waals surface area contributed by atoms with Gasteiger partial charge in [0.05, 0.1) is 23.5 Å². The summed E-state index contributed by atoms with van der Waals surface area (Å²) in [5, 5.41) is 17.1. The summed E-state index contributed by atoms with van der Waals surface area (Å²) < 4.78 is 54.1. The number of halogens is 3. The largest absolute Gasteiger partial charge is 0.395 e. The average Bonchev–Trinajstić information content (AvgIpc) is 3.09. The summed E-state index contributed by atoms with van der Waals surface area (Å²) in [6.07, 6.45) is 2.54. The Morgan fingerprint density at radius 2 is 1.77 bits per heavy atom. The Hall–Kier alpha value is -1.57. The molecule has 0 radical (unpaired) electrons. The van der Waals surface area contributed by atoms with E-state index in [-0.39, 0.29) is 22.4 Å². The first-order valence-corrected chi connectivity index (χ1v) is 11.9. The van der Waals surface area contributed by atoms with Gasteiger partial charge in [-0.05, 0) is 31.5 Å². The molecule has 8 nitrogen and oxygen atoms in total. The van der Waals surface area contributed by atoms with Crippen molar-refractivity contribution in [3.63, 3.8) is 0 Å². The molecule has 0 saturated carbocycles. The lowest BCUT2D eigenvalue weighted by atomic mass is 10.2. The molecule has 0 aliphatic rings. The molecule has 0 unspecified atom stereocenters. The SMILES string of the molecule is O=S(=O)(Nc1ncc(F)s1)c1cc(Cl)c(NCCCCNCCNCCO)cc1F. The van der Waals surface area contributed by atoms with Crippen molar-refractivity contribution < 1.29 is 22.3 Å². The van der Waals surface area contributed by atoms with Crippen molar-refractivity contribution in [2.45, 2.75) is 17.7 Å². The Balaban J connectivity index is 1.81. The van der Waals surface area contributed by atoms with Gasteiger partial charge in [0.15, 0.2) is 10.3 Å². The van der Waals surface area contributed by atoms with E-state index in [0.717, 1.165) is 50.8 Å². The van der Waals surface area contributed by atoms with Crippen LogP contribution in [0.2, 0.25) is 5.02 Å². The number of hydrogen-bond donors (Lipinski definition) is 5. The summed E-state index contributed by atoms with van der Waals surface area (Å²) in [4.78, 5) is 2.91. The number of anilines is 2. The van der Waals surface area contributed by atoms with Gasteiger partial charge in [-0.15, -0.1) is 0 Å². The van der Waals surface area contributed by atoms with Crippen molar-refractivity contribution in [3.8, 4) is 0 Å². The first kappa shape index (κ1) is 24.7. The van der Waals surface area contributed by atoms with Crippen LogP contribution in [0.25, 0.3) is 0 Å². The highest BCUT2D eigenvalue weighted by molar-refractivity contribution is 7.93. The fourth-order valence-electron chi connectivity index (χ4n) is 2.45. The van der Waals surface area contributed by atoms with Crippen LogP contribution in [0.5, 0.6) is 0 Å². The van der Waals surface area contributed by atoms with Gasteiger partial charge in [0, 0.05) is 26.2 Å². The number of benzene rings is 1. The number of sulfonamides is 1. The zero-order valence-electron chi connectivity index (χ0n) is 16.1. The Labute approximate surface area is 183 Å². The van der Waals surface area contributed by atoms with Crippen LogP contribution in [-0.2, 0) is 10.0 Å². The lowest BCUT2D eigenvalue weighted by Gasteiger charge is -2.12. The fourth-order valence-corrected chi connectivity index (χ4v) is 4.61. The monoisotopic (exact) mass is 483 g/mol. The maximum atomic E-state index is 14.4. The fraction of sp³-hybridized carbons (Fsp3) is 0.471. The minimum absolute atomic E-state index is 0.0511. The van der Waals surface area contributed by atoms with Crippen LogP contribution in [0.3, 0.4) is 0 Å².